The van der Waals surface area contributed by atoms with Gasteiger partial charge in [0.2, 0.25) is 5.91 Å². The van der Waals surface area contributed by atoms with Crippen molar-refractivity contribution >= 4 is 22.8 Å². The van der Waals surface area contributed by atoms with E-state index >= 15 is 0 Å². The molecule has 1 atom stereocenters. The number of hydrogen-bond donors (Lipinski definition) is 2. The van der Waals surface area contributed by atoms with Gasteiger partial charge in [-0.15, -0.1) is 0 Å². The monoisotopic (exact) mass is 341 g/mol. The van der Waals surface area contributed by atoms with Gasteiger partial charge in [0, 0.05) is 24.6 Å². The van der Waals surface area contributed by atoms with Crippen LogP contribution in [0.15, 0.2) is 18.2 Å². The smallest absolute Gasteiger partial charge is 0.251 e. The molecule has 4 rings (SSSR count). The second-order valence-electron chi connectivity index (χ2n) is 7.09. The summed E-state index contributed by atoms with van der Waals surface area (Å²) >= 11 is 0. The molecule has 2 amide bonds. The van der Waals surface area contributed by atoms with Crippen molar-refractivity contribution in [3.63, 3.8) is 0 Å². The third-order valence-corrected chi connectivity index (χ3v) is 5.34. The van der Waals surface area contributed by atoms with E-state index in [1.165, 1.54) is 25.7 Å². The minimum atomic E-state index is -0.162. The van der Waals surface area contributed by atoms with Gasteiger partial charge in [0.1, 0.15) is 11.0 Å². The molecule has 25 heavy (non-hydrogen) atoms. The highest BCUT2D eigenvalue weighted by molar-refractivity contribution is 5.97. The molecule has 2 N–H and O–H groups in total. The van der Waals surface area contributed by atoms with E-state index in [0.29, 0.717) is 30.1 Å². The Morgan fingerprint density at radius 3 is 2.68 bits per heavy atom. The van der Waals surface area contributed by atoms with Crippen LogP contribution in [0.5, 0.6) is 0 Å². The van der Waals surface area contributed by atoms with E-state index in [-0.39, 0.29) is 17.9 Å². The van der Waals surface area contributed by atoms with Crippen LogP contribution in [0.3, 0.4) is 0 Å². The van der Waals surface area contributed by atoms with Crippen LogP contribution < -0.4 is 5.32 Å². The Balaban J connectivity index is 1.40. The Morgan fingerprint density at radius 2 is 1.88 bits per heavy atom. The van der Waals surface area contributed by atoms with Crippen LogP contribution in [-0.2, 0) is 4.79 Å². The molecule has 1 aromatic carbocycles. The van der Waals surface area contributed by atoms with Crippen molar-refractivity contribution in [1.29, 1.82) is 0 Å². The largest absolute Gasteiger partial charge is 0.347 e. The van der Waals surface area contributed by atoms with Gasteiger partial charge in [-0.2, -0.15) is 15.4 Å². The van der Waals surface area contributed by atoms with Crippen molar-refractivity contribution in [1.82, 2.24) is 25.6 Å². The molecular weight excluding hydrogens is 318 g/mol. The number of aromatic amines is 1. The first kappa shape index (κ1) is 16.1. The number of nitrogens with one attached hydrogen (secondary N) is 2. The van der Waals surface area contributed by atoms with Gasteiger partial charge in [-0.3, -0.25) is 9.59 Å². The first-order valence-electron chi connectivity index (χ1n) is 9.11. The summed E-state index contributed by atoms with van der Waals surface area (Å²) < 4.78 is 0. The summed E-state index contributed by atoms with van der Waals surface area (Å²) in [5.41, 5.74) is 1.93. The minimum absolute atomic E-state index is 0.115. The Kier molecular flexibility index (Phi) is 4.38. The van der Waals surface area contributed by atoms with Crippen LogP contribution in [-0.4, -0.2) is 50.8 Å². The second-order valence-corrected chi connectivity index (χ2v) is 7.09. The van der Waals surface area contributed by atoms with E-state index in [1.807, 2.05) is 4.90 Å². The lowest BCUT2D eigenvalue weighted by molar-refractivity contribution is -0.129. The lowest BCUT2D eigenvalue weighted by atomic mass is 10.1. The van der Waals surface area contributed by atoms with Crippen molar-refractivity contribution in [2.45, 2.75) is 57.0 Å². The molecule has 0 bridgehead atoms. The molecule has 132 valence electrons. The zero-order chi connectivity index (χ0) is 17.2. The van der Waals surface area contributed by atoms with Gasteiger partial charge in [0.15, 0.2) is 0 Å². The topological polar surface area (TPSA) is 91.0 Å². The third kappa shape index (κ3) is 3.36. The number of rotatable bonds is 3. The molecule has 1 aromatic heterocycles. The fraction of sp³-hybridized carbons (Fsp3) is 0.556. The van der Waals surface area contributed by atoms with E-state index in [2.05, 4.69) is 20.7 Å². The summed E-state index contributed by atoms with van der Waals surface area (Å²) in [5.74, 6) is 0.00886. The van der Waals surface area contributed by atoms with Crippen molar-refractivity contribution in [3.8, 4) is 0 Å². The van der Waals surface area contributed by atoms with Gasteiger partial charge in [-0.25, -0.2) is 0 Å². The summed E-state index contributed by atoms with van der Waals surface area (Å²) in [7, 11) is 0. The number of carbonyl (C=O) groups excluding carboxylic acids is 2. The third-order valence-electron chi connectivity index (χ3n) is 5.34. The van der Waals surface area contributed by atoms with Crippen LogP contribution in [0.25, 0.3) is 11.0 Å². The van der Waals surface area contributed by atoms with Crippen molar-refractivity contribution in [3.05, 3.63) is 23.8 Å². The average molecular weight is 341 g/mol. The van der Waals surface area contributed by atoms with E-state index < -0.39 is 0 Å². The molecule has 2 aliphatic rings. The number of carbonyl (C=O) groups is 2. The van der Waals surface area contributed by atoms with Crippen molar-refractivity contribution in [2.75, 3.05) is 6.54 Å². The van der Waals surface area contributed by atoms with Crippen LogP contribution in [0.4, 0.5) is 0 Å². The van der Waals surface area contributed by atoms with Gasteiger partial charge in [0.25, 0.3) is 5.91 Å². The number of H-pyrrole nitrogens is 1. The Hall–Kier alpha value is -2.44. The molecule has 7 nitrogen and oxygen atoms in total. The minimum Gasteiger partial charge on any atom is -0.347 e. The Bertz CT molecular complexity index is 779. The lowest BCUT2D eigenvalue weighted by Gasteiger charge is -2.27. The summed E-state index contributed by atoms with van der Waals surface area (Å²) in [4.78, 5) is 26.9. The second kappa shape index (κ2) is 6.82. The molecule has 1 saturated heterocycles. The molecule has 0 spiro atoms. The SMILES string of the molecule is O=C(NC1CC(=O)N(C2CCCCCC2)C1)c1ccc2n[nH]nc2c1. The van der Waals surface area contributed by atoms with Gasteiger partial charge in [-0.05, 0) is 31.0 Å². The highest BCUT2D eigenvalue weighted by Gasteiger charge is 2.35. The zero-order valence-corrected chi connectivity index (χ0v) is 14.2. The van der Waals surface area contributed by atoms with E-state index in [4.69, 9.17) is 0 Å². The normalized spacial score (nSPS) is 22.3. The van der Waals surface area contributed by atoms with Gasteiger partial charge >= 0.3 is 0 Å². The summed E-state index contributed by atoms with van der Waals surface area (Å²) in [6, 6.07) is 5.46. The van der Waals surface area contributed by atoms with E-state index in [0.717, 1.165) is 18.4 Å². The van der Waals surface area contributed by atoms with E-state index in [9.17, 15) is 9.59 Å². The molecule has 2 aromatic rings. The van der Waals surface area contributed by atoms with Gasteiger partial charge < -0.3 is 10.2 Å². The maximum Gasteiger partial charge on any atom is 0.251 e. The van der Waals surface area contributed by atoms with Crippen molar-refractivity contribution in [2.24, 2.45) is 0 Å². The summed E-state index contributed by atoms with van der Waals surface area (Å²) in [5, 5.41) is 13.5. The number of likely N-dealkylation sites (tertiary alicyclic amines) is 1. The molecule has 1 aliphatic heterocycles. The van der Waals surface area contributed by atoms with Gasteiger partial charge in [-0.1, -0.05) is 25.7 Å². The van der Waals surface area contributed by atoms with Crippen LogP contribution in [0.2, 0.25) is 0 Å². The number of nitrogens with zero attached hydrogens (tertiary/aromatic N) is 3. The number of benzene rings is 1. The maximum absolute atomic E-state index is 12.5. The standard InChI is InChI=1S/C18H23N5O2/c24-17-10-13(11-23(17)14-5-3-1-2-4-6-14)19-18(25)12-7-8-15-16(9-12)21-22-20-15/h7-9,13-14H,1-6,10-11H2,(H,19,25)(H,20,21,22). The maximum atomic E-state index is 12.5. The lowest BCUT2D eigenvalue weighted by Crippen LogP contribution is -2.40. The van der Waals surface area contributed by atoms with Crippen LogP contribution in [0.1, 0.15) is 55.3 Å². The van der Waals surface area contributed by atoms with E-state index in [1.54, 1.807) is 18.2 Å². The fourth-order valence-electron chi connectivity index (χ4n) is 4.00. The molecule has 7 heteroatoms. The molecule has 1 saturated carbocycles. The molecule has 2 heterocycles. The number of fused-ring (bicyclic) bond motifs is 1. The molecule has 0 radical (unpaired) electrons. The summed E-state index contributed by atoms with van der Waals surface area (Å²) in [6.45, 7) is 0.626. The molecule has 2 fully saturated rings. The summed E-state index contributed by atoms with van der Waals surface area (Å²) in [6.07, 6.45) is 7.51. The highest BCUT2D eigenvalue weighted by atomic mass is 16.2. The Labute approximate surface area is 146 Å². The first-order valence-corrected chi connectivity index (χ1v) is 9.11. The van der Waals surface area contributed by atoms with Crippen molar-refractivity contribution < 1.29 is 9.59 Å². The first-order chi connectivity index (χ1) is 12.2. The zero-order valence-electron chi connectivity index (χ0n) is 14.2. The average Bonchev–Trinajstić information content (AvgIpc) is 3.12. The predicted octanol–water partition coefficient (Wildman–Crippen LogP) is 2.01. The predicted molar refractivity (Wildman–Crippen MR) is 93.0 cm³/mol. The number of hydrogen-bond acceptors (Lipinski definition) is 4. The molecule has 1 unspecified atom stereocenters. The van der Waals surface area contributed by atoms with Gasteiger partial charge in [0.05, 0.1) is 6.04 Å². The number of amides is 2. The Morgan fingerprint density at radius 1 is 1.12 bits per heavy atom. The quantitative estimate of drug-likeness (QED) is 0.836. The molecule has 1 aliphatic carbocycles. The fourth-order valence-corrected chi connectivity index (χ4v) is 4.00. The number of aromatic nitrogens is 3. The molecular formula is C18H23N5O2. The van der Waals surface area contributed by atoms with Crippen LogP contribution >= 0.6 is 0 Å². The van der Waals surface area contributed by atoms with Crippen LogP contribution in [0, 0.1) is 0 Å². The highest BCUT2D eigenvalue weighted by Crippen LogP contribution is 2.26.